The first-order valence-corrected chi connectivity index (χ1v) is 11.2. The summed E-state index contributed by atoms with van der Waals surface area (Å²) in [5, 5.41) is 8.73. The van der Waals surface area contributed by atoms with E-state index in [0.29, 0.717) is 52.9 Å². The Hall–Kier alpha value is -3.58. The number of rotatable bonds is 7. The quantitative estimate of drug-likeness (QED) is 0.360. The molecule has 1 fully saturated rings. The fourth-order valence-electron chi connectivity index (χ4n) is 3.73. The molecular formula is C22H26FN7O4S. The van der Waals surface area contributed by atoms with Gasteiger partial charge in [0.1, 0.15) is 17.5 Å². The number of thiol groups is 1. The largest absolute Gasteiger partial charge is 0.493 e. The Bertz CT molecular complexity index is 1190. The number of amides is 2. The zero-order valence-electron chi connectivity index (χ0n) is 19.4. The lowest BCUT2D eigenvalue weighted by atomic mass is 10.1. The smallest absolute Gasteiger partial charge is 0.333 e. The monoisotopic (exact) mass is 503 g/mol. The molecule has 1 aliphatic rings. The summed E-state index contributed by atoms with van der Waals surface area (Å²) in [5.74, 6) is 2.08. The van der Waals surface area contributed by atoms with Gasteiger partial charge in [0.2, 0.25) is 5.75 Å². The summed E-state index contributed by atoms with van der Waals surface area (Å²) in [4.78, 5) is 25.8. The summed E-state index contributed by atoms with van der Waals surface area (Å²) in [6, 6.07) is 5.54. The number of benzene rings is 1. The Morgan fingerprint density at radius 2 is 1.86 bits per heavy atom. The van der Waals surface area contributed by atoms with Crippen LogP contribution in [-0.4, -0.2) is 71.9 Å². The number of anilines is 3. The molecule has 13 heteroatoms. The fraction of sp³-hybridized carbons (Fsp3) is 0.364. The summed E-state index contributed by atoms with van der Waals surface area (Å²) >= 11 is 4.21. The molecule has 1 aliphatic heterocycles. The first-order chi connectivity index (χ1) is 16.9. The lowest BCUT2D eigenvalue weighted by Gasteiger charge is -2.32. The van der Waals surface area contributed by atoms with Gasteiger partial charge in [-0.25, -0.2) is 24.1 Å². The summed E-state index contributed by atoms with van der Waals surface area (Å²) in [6.07, 6.45) is 0.815. The Kier molecular flexibility index (Phi) is 7.56. The van der Waals surface area contributed by atoms with E-state index in [1.54, 1.807) is 30.5 Å². The van der Waals surface area contributed by atoms with Crippen LogP contribution < -0.4 is 30.2 Å². The van der Waals surface area contributed by atoms with Gasteiger partial charge in [0, 0.05) is 24.4 Å². The zero-order valence-corrected chi connectivity index (χ0v) is 20.3. The number of ether oxygens (including phenoxy) is 3. The van der Waals surface area contributed by atoms with Crippen molar-refractivity contribution in [3.8, 4) is 17.2 Å². The number of alkyl halides is 1. The molecule has 2 unspecified atom stereocenters. The molecule has 2 amide bonds. The predicted molar refractivity (Wildman–Crippen MR) is 133 cm³/mol. The molecule has 0 radical (unpaired) electrons. The fourth-order valence-corrected chi connectivity index (χ4v) is 4.04. The minimum atomic E-state index is -1.20. The lowest BCUT2D eigenvalue weighted by Crippen LogP contribution is -2.50. The maximum absolute atomic E-state index is 14.2. The molecule has 3 N–H and O–H groups in total. The zero-order chi connectivity index (χ0) is 24.9. The molecule has 0 saturated carbocycles. The third-order valence-electron chi connectivity index (χ3n) is 5.47. The van der Waals surface area contributed by atoms with Gasteiger partial charge in [-0.3, -0.25) is 9.62 Å². The van der Waals surface area contributed by atoms with Gasteiger partial charge in [-0.05, 0) is 25.1 Å². The summed E-state index contributed by atoms with van der Waals surface area (Å²) in [7, 11) is 4.59. The number of nitrogens with zero attached hydrogens (tertiary/aromatic N) is 4. The van der Waals surface area contributed by atoms with E-state index >= 15 is 0 Å². The van der Waals surface area contributed by atoms with Crippen LogP contribution >= 0.6 is 12.8 Å². The average molecular weight is 504 g/mol. The maximum Gasteiger partial charge on any atom is 0.333 e. The number of carbonyl (C=O) groups is 1. The van der Waals surface area contributed by atoms with Crippen LogP contribution in [0.1, 0.15) is 6.42 Å². The van der Waals surface area contributed by atoms with Gasteiger partial charge in [-0.1, -0.05) is 12.8 Å². The topological polar surface area (TPSA) is 123 Å². The third kappa shape index (κ3) is 5.41. The van der Waals surface area contributed by atoms with E-state index in [1.807, 2.05) is 0 Å². The highest BCUT2D eigenvalue weighted by Crippen LogP contribution is 2.40. The van der Waals surface area contributed by atoms with E-state index in [0.717, 1.165) is 4.31 Å². The van der Waals surface area contributed by atoms with Crippen molar-refractivity contribution in [2.75, 3.05) is 45.1 Å². The number of nitrogens with one attached hydrogen (secondary N) is 3. The number of fused-ring (bicyclic) bond motifs is 1. The van der Waals surface area contributed by atoms with Crippen molar-refractivity contribution in [1.29, 1.82) is 0 Å². The lowest BCUT2D eigenvalue weighted by molar-refractivity contribution is 0.159. The summed E-state index contributed by atoms with van der Waals surface area (Å²) < 4.78 is 31.3. The number of carbonyl (C=O) groups excluding carboxylic acids is 1. The molecule has 2 aromatic heterocycles. The van der Waals surface area contributed by atoms with Crippen molar-refractivity contribution < 1.29 is 23.4 Å². The van der Waals surface area contributed by atoms with Crippen LogP contribution in [0.5, 0.6) is 17.2 Å². The van der Waals surface area contributed by atoms with Gasteiger partial charge >= 0.3 is 6.03 Å². The van der Waals surface area contributed by atoms with Crippen LogP contribution in [0.3, 0.4) is 0 Å². The van der Waals surface area contributed by atoms with Gasteiger partial charge in [-0.2, -0.15) is 0 Å². The van der Waals surface area contributed by atoms with Crippen LogP contribution in [0.4, 0.5) is 26.5 Å². The third-order valence-corrected chi connectivity index (χ3v) is 5.95. The van der Waals surface area contributed by atoms with Crippen LogP contribution in [0.15, 0.2) is 30.5 Å². The van der Waals surface area contributed by atoms with E-state index in [-0.39, 0.29) is 12.4 Å². The maximum atomic E-state index is 14.2. The van der Waals surface area contributed by atoms with E-state index in [2.05, 4.69) is 43.7 Å². The second-order valence-electron chi connectivity index (χ2n) is 7.68. The number of halogens is 1. The molecule has 0 aliphatic carbocycles. The number of piperidine rings is 1. The van der Waals surface area contributed by atoms with Crippen LogP contribution in [0.2, 0.25) is 0 Å². The average Bonchev–Trinajstić information content (AvgIpc) is 2.87. The molecule has 11 nitrogen and oxygen atoms in total. The SMILES string of the molecule is COc1cc(Nc2cnc3ccc(NC(=O)N(S)C4CCNCC4F)nc3n2)cc(OC)c1OC. The molecule has 1 aromatic carbocycles. The van der Waals surface area contributed by atoms with Crippen molar-refractivity contribution in [3.05, 3.63) is 30.5 Å². The standard InChI is InChI=1S/C22H26FN7O4S/c1-32-16-8-12(9-17(33-2)20(16)34-3)26-19-11-25-14-4-5-18(27-21(14)28-19)29-22(31)30(35)15-6-7-24-10-13(15)23/h4-5,8-9,11,13,15,24,35H,6-7,10H2,1-3H3,(H2,26,27,28,29,31). The molecule has 4 rings (SSSR count). The van der Waals surface area contributed by atoms with Gasteiger partial charge < -0.3 is 24.8 Å². The highest BCUT2D eigenvalue weighted by atomic mass is 32.1. The van der Waals surface area contributed by atoms with Gasteiger partial charge in [0.05, 0.1) is 33.6 Å². The Morgan fingerprint density at radius 3 is 2.51 bits per heavy atom. The Labute approximate surface area is 206 Å². The number of urea groups is 1. The van der Waals surface area contributed by atoms with Crippen molar-refractivity contribution >= 4 is 47.3 Å². The molecule has 0 spiro atoms. The van der Waals surface area contributed by atoms with Crippen molar-refractivity contribution in [3.63, 3.8) is 0 Å². The van der Waals surface area contributed by atoms with Crippen LogP contribution in [0, 0.1) is 0 Å². The highest BCUT2D eigenvalue weighted by Gasteiger charge is 2.31. The second kappa shape index (κ2) is 10.8. The molecule has 186 valence electrons. The molecule has 35 heavy (non-hydrogen) atoms. The van der Waals surface area contributed by atoms with Gasteiger partial charge in [0.15, 0.2) is 23.0 Å². The van der Waals surface area contributed by atoms with Crippen molar-refractivity contribution in [2.24, 2.45) is 0 Å². The van der Waals surface area contributed by atoms with Crippen LogP contribution in [-0.2, 0) is 0 Å². The number of aromatic nitrogens is 3. The minimum absolute atomic E-state index is 0.181. The van der Waals surface area contributed by atoms with Crippen LogP contribution in [0.25, 0.3) is 11.2 Å². The molecule has 3 heterocycles. The van der Waals surface area contributed by atoms with Gasteiger partial charge in [-0.15, -0.1) is 0 Å². The van der Waals surface area contributed by atoms with Gasteiger partial charge in [0.25, 0.3) is 0 Å². The van der Waals surface area contributed by atoms with Crippen molar-refractivity contribution in [1.82, 2.24) is 24.6 Å². The van der Waals surface area contributed by atoms with E-state index < -0.39 is 18.2 Å². The molecule has 0 bridgehead atoms. The second-order valence-corrected chi connectivity index (χ2v) is 8.12. The molecule has 2 atom stereocenters. The Morgan fingerprint density at radius 1 is 1.14 bits per heavy atom. The number of hydrogen-bond donors (Lipinski definition) is 4. The highest BCUT2D eigenvalue weighted by molar-refractivity contribution is 7.78. The predicted octanol–water partition coefficient (Wildman–Crippen LogP) is 3.17. The summed E-state index contributed by atoms with van der Waals surface area (Å²) in [6.45, 7) is 0.793. The minimum Gasteiger partial charge on any atom is -0.493 e. The first kappa shape index (κ1) is 24.5. The number of hydrogen-bond acceptors (Lipinski definition) is 10. The normalized spacial score (nSPS) is 17.5. The number of pyridine rings is 1. The van der Waals surface area contributed by atoms with E-state index in [9.17, 15) is 9.18 Å². The van der Waals surface area contributed by atoms with E-state index in [1.165, 1.54) is 21.3 Å². The molecular weight excluding hydrogens is 477 g/mol. The molecule has 1 saturated heterocycles. The number of methoxy groups -OCH3 is 3. The van der Waals surface area contributed by atoms with E-state index in [4.69, 9.17) is 14.2 Å². The first-order valence-electron chi connectivity index (χ1n) is 10.8. The molecule has 3 aromatic rings. The van der Waals surface area contributed by atoms with Crippen molar-refractivity contribution in [2.45, 2.75) is 18.6 Å². The Balaban J connectivity index is 1.53. The summed E-state index contributed by atoms with van der Waals surface area (Å²) in [5.41, 5.74) is 1.46.